The fourth-order valence-electron chi connectivity index (χ4n) is 1.93. The number of carbonyl (C=O) groups is 1. The normalized spacial score (nSPS) is 21.0. The Hall–Kier alpha value is -1.55. The van der Waals surface area contributed by atoms with Crippen molar-refractivity contribution in [3.05, 3.63) is 24.3 Å². The van der Waals surface area contributed by atoms with Gasteiger partial charge in [0.1, 0.15) is 0 Å². The van der Waals surface area contributed by atoms with Crippen LogP contribution in [0.15, 0.2) is 24.3 Å². The fourth-order valence-corrected chi connectivity index (χ4v) is 1.93. The number of amides is 1. The van der Waals surface area contributed by atoms with E-state index < -0.39 is 0 Å². The minimum Gasteiger partial charge on any atom is -0.397 e. The SMILES string of the molecule is CC(C)(C)C1CC(=O)N(c2ccccc2N)N1. The van der Waals surface area contributed by atoms with Gasteiger partial charge in [0.05, 0.1) is 11.4 Å². The van der Waals surface area contributed by atoms with Crippen molar-refractivity contribution in [3.8, 4) is 0 Å². The van der Waals surface area contributed by atoms with E-state index in [1.165, 1.54) is 0 Å². The zero-order valence-corrected chi connectivity index (χ0v) is 10.5. The summed E-state index contributed by atoms with van der Waals surface area (Å²) in [5.41, 5.74) is 10.5. The number of carbonyl (C=O) groups excluding carboxylic acids is 1. The Kier molecular flexibility index (Phi) is 2.83. The average Bonchev–Trinajstić information content (AvgIpc) is 2.61. The van der Waals surface area contributed by atoms with E-state index in [9.17, 15) is 4.79 Å². The van der Waals surface area contributed by atoms with Crippen LogP contribution >= 0.6 is 0 Å². The highest BCUT2D eigenvalue weighted by Crippen LogP contribution is 2.31. The molecule has 1 atom stereocenters. The number of hydrogen-bond donors (Lipinski definition) is 2. The van der Waals surface area contributed by atoms with E-state index in [-0.39, 0.29) is 17.4 Å². The smallest absolute Gasteiger partial charge is 0.243 e. The van der Waals surface area contributed by atoms with Gasteiger partial charge in [-0.15, -0.1) is 0 Å². The summed E-state index contributed by atoms with van der Waals surface area (Å²) in [6.45, 7) is 6.36. The van der Waals surface area contributed by atoms with Gasteiger partial charge in [0.2, 0.25) is 5.91 Å². The van der Waals surface area contributed by atoms with Crippen LogP contribution in [0.5, 0.6) is 0 Å². The number of nitrogens with two attached hydrogens (primary N) is 1. The molecule has 1 unspecified atom stereocenters. The fraction of sp³-hybridized carbons (Fsp3) is 0.462. The summed E-state index contributed by atoms with van der Waals surface area (Å²) in [7, 11) is 0. The summed E-state index contributed by atoms with van der Waals surface area (Å²) in [6, 6.07) is 7.54. The second-order valence-electron chi connectivity index (χ2n) is 5.54. The highest BCUT2D eigenvalue weighted by molar-refractivity contribution is 5.97. The van der Waals surface area contributed by atoms with Crippen LogP contribution < -0.4 is 16.2 Å². The number of nitrogens with one attached hydrogen (secondary N) is 1. The molecule has 0 aromatic heterocycles. The second-order valence-corrected chi connectivity index (χ2v) is 5.54. The van der Waals surface area contributed by atoms with E-state index in [1.807, 2.05) is 18.2 Å². The average molecular weight is 233 g/mol. The van der Waals surface area contributed by atoms with Crippen LogP contribution in [-0.4, -0.2) is 11.9 Å². The molecule has 0 radical (unpaired) electrons. The van der Waals surface area contributed by atoms with Gasteiger partial charge in [-0.05, 0) is 17.5 Å². The maximum atomic E-state index is 12.0. The first-order valence-corrected chi connectivity index (χ1v) is 5.83. The van der Waals surface area contributed by atoms with Gasteiger partial charge in [-0.3, -0.25) is 4.79 Å². The molecule has 0 spiro atoms. The second kappa shape index (κ2) is 4.04. The predicted octanol–water partition coefficient (Wildman–Crippen LogP) is 1.92. The van der Waals surface area contributed by atoms with Crippen molar-refractivity contribution in [1.82, 2.24) is 5.43 Å². The molecule has 1 amide bonds. The third-order valence-corrected chi connectivity index (χ3v) is 3.14. The minimum atomic E-state index is 0.0496. The summed E-state index contributed by atoms with van der Waals surface area (Å²) in [4.78, 5) is 12.0. The van der Waals surface area contributed by atoms with Crippen LogP contribution in [0.1, 0.15) is 27.2 Å². The Morgan fingerprint density at radius 3 is 2.53 bits per heavy atom. The van der Waals surface area contributed by atoms with Gasteiger partial charge in [0.15, 0.2) is 0 Å². The molecule has 1 aliphatic heterocycles. The summed E-state index contributed by atoms with van der Waals surface area (Å²) in [6.07, 6.45) is 0.512. The van der Waals surface area contributed by atoms with Gasteiger partial charge >= 0.3 is 0 Å². The van der Waals surface area contributed by atoms with Crippen LogP contribution in [0.4, 0.5) is 11.4 Å². The Morgan fingerprint density at radius 1 is 1.35 bits per heavy atom. The molecule has 1 heterocycles. The van der Waals surface area contributed by atoms with Gasteiger partial charge in [-0.2, -0.15) is 0 Å². The molecule has 0 saturated carbocycles. The molecule has 1 aliphatic rings. The summed E-state index contributed by atoms with van der Waals surface area (Å²) < 4.78 is 0. The molecule has 1 fully saturated rings. The molecule has 0 bridgehead atoms. The number of para-hydroxylation sites is 2. The maximum Gasteiger partial charge on any atom is 0.243 e. The first-order chi connectivity index (χ1) is 7.89. The molecular weight excluding hydrogens is 214 g/mol. The maximum absolute atomic E-state index is 12.0. The molecular formula is C13H19N3O. The zero-order valence-electron chi connectivity index (χ0n) is 10.5. The number of rotatable bonds is 1. The van der Waals surface area contributed by atoms with E-state index in [2.05, 4.69) is 26.2 Å². The molecule has 17 heavy (non-hydrogen) atoms. The van der Waals surface area contributed by atoms with E-state index >= 15 is 0 Å². The molecule has 1 aromatic carbocycles. The van der Waals surface area contributed by atoms with Gasteiger partial charge < -0.3 is 5.73 Å². The molecule has 0 aliphatic carbocycles. The highest BCUT2D eigenvalue weighted by Gasteiger charge is 2.37. The summed E-state index contributed by atoms with van der Waals surface area (Å²) in [5.74, 6) is 0.0721. The lowest BCUT2D eigenvalue weighted by Gasteiger charge is -2.27. The molecule has 3 N–H and O–H groups in total. The largest absolute Gasteiger partial charge is 0.397 e. The van der Waals surface area contributed by atoms with E-state index in [4.69, 9.17) is 5.73 Å². The molecule has 92 valence electrons. The van der Waals surface area contributed by atoms with Gasteiger partial charge in [0.25, 0.3) is 0 Å². The lowest BCUT2D eigenvalue weighted by molar-refractivity contribution is -0.117. The molecule has 1 saturated heterocycles. The molecule has 1 aromatic rings. The van der Waals surface area contributed by atoms with Crippen molar-refractivity contribution in [2.75, 3.05) is 10.7 Å². The van der Waals surface area contributed by atoms with E-state index in [1.54, 1.807) is 11.1 Å². The van der Waals surface area contributed by atoms with Gasteiger partial charge in [-0.1, -0.05) is 32.9 Å². The molecule has 4 heteroatoms. The van der Waals surface area contributed by atoms with Crippen molar-refractivity contribution >= 4 is 17.3 Å². The van der Waals surface area contributed by atoms with Crippen molar-refractivity contribution in [3.63, 3.8) is 0 Å². The Labute approximate surface area is 102 Å². The number of hydrogen-bond acceptors (Lipinski definition) is 3. The Morgan fingerprint density at radius 2 is 2.00 bits per heavy atom. The highest BCUT2D eigenvalue weighted by atomic mass is 16.2. The van der Waals surface area contributed by atoms with Gasteiger partial charge in [-0.25, -0.2) is 10.4 Å². The quantitative estimate of drug-likeness (QED) is 0.729. The summed E-state index contributed by atoms with van der Waals surface area (Å²) >= 11 is 0. The third kappa shape index (κ3) is 2.26. The first kappa shape index (κ1) is 11.9. The Balaban J connectivity index is 2.25. The molecule has 2 rings (SSSR count). The van der Waals surface area contributed by atoms with Crippen molar-refractivity contribution in [1.29, 1.82) is 0 Å². The minimum absolute atomic E-state index is 0.0496. The number of benzene rings is 1. The summed E-state index contributed by atoms with van der Waals surface area (Å²) in [5, 5.41) is 1.57. The lowest BCUT2D eigenvalue weighted by atomic mass is 9.86. The third-order valence-electron chi connectivity index (χ3n) is 3.14. The van der Waals surface area contributed by atoms with Crippen LogP contribution in [-0.2, 0) is 4.79 Å². The monoisotopic (exact) mass is 233 g/mol. The van der Waals surface area contributed by atoms with Crippen LogP contribution in [0, 0.1) is 5.41 Å². The van der Waals surface area contributed by atoms with Crippen LogP contribution in [0.2, 0.25) is 0 Å². The number of hydrazine groups is 1. The molecule has 4 nitrogen and oxygen atoms in total. The predicted molar refractivity (Wildman–Crippen MR) is 69.3 cm³/mol. The number of anilines is 2. The number of nitrogens with zero attached hydrogens (tertiary/aromatic N) is 1. The van der Waals surface area contributed by atoms with E-state index in [0.29, 0.717) is 12.1 Å². The first-order valence-electron chi connectivity index (χ1n) is 5.83. The lowest BCUT2D eigenvalue weighted by Crippen LogP contribution is -2.43. The van der Waals surface area contributed by atoms with Gasteiger partial charge in [0, 0.05) is 12.5 Å². The van der Waals surface area contributed by atoms with E-state index in [0.717, 1.165) is 5.69 Å². The zero-order chi connectivity index (χ0) is 12.6. The van der Waals surface area contributed by atoms with Crippen molar-refractivity contribution in [2.45, 2.75) is 33.2 Å². The standard InChI is InChI=1S/C13H19N3O/c1-13(2,3)11-8-12(17)16(15-11)10-7-5-4-6-9(10)14/h4-7,11,15H,8,14H2,1-3H3. The van der Waals surface area contributed by atoms with Crippen molar-refractivity contribution in [2.24, 2.45) is 5.41 Å². The topological polar surface area (TPSA) is 58.4 Å². The van der Waals surface area contributed by atoms with Crippen LogP contribution in [0.3, 0.4) is 0 Å². The van der Waals surface area contributed by atoms with Crippen molar-refractivity contribution < 1.29 is 4.79 Å². The Bertz CT molecular complexity index is 437. The van der Waals surface area contributed by atoms with Crippen LogP contribution in [0.25, 0.3) is 0 Å². The number of nitrogen functional groups attached to an aromatic ring is 1.